The molecule has 0 spiro atoms. The molecule has 6 aromatic rings. The van der Waals surface area contributed by atoms with Gasteiger partial charge < -0.3 is 9.47 Å². The number of benzene rings is 4. The van der Waals surface area contributed by atoms with E-state index in [2.05, 4.69) is 40.5 Å². The molecule has 0 aliphatic carbocycles. The molecule has 0 bridgehead atoms. The SMILES string of the molecule is COC(=O)c1cc(OC2CN(Cc3ccc(NS(=O)(=O)c4cnn(-c5ccc(F)cc5)c4)c(Br)c3)C2)ccc1NS(=O)(=O)c1cnn(-c2ccc(F)cc2)c1. The van der Waals surface area contributed by atoms with E-state index >= 15 is 0 Å². The molecule has 3 heterocycles. The number of nitrogens with zero attached hydrogens (tertiary/aromatic N) is 5. The number of likely N-dealkylation sites (tertiary alicyclic amines) is 1. The minimum absolute atomic E-state index is 0.0275. The van der Waals surface area contributed by atoms with Crippen molar-refractivity contribution in [1.82, 2.24) is 24.5 Å². The van der Waals surface area contributed by atoms with Gasteiger partial charge in [0.25, 0.3) is 20.0 Å². The normalized spacial score (nSPS) is 13.6. The Morgan fingerprint density at radius 3 is 1.84 bits per heavy atom. The summed E-state index contributed by atoms with van der Waals surface area (Å²) in [5.74, 6) is -1.31. The predicted molar refractivity (Wildman–Crippen MR) is 200 cm³/mol. The van der Waals surface area contributed by atoms with Gasteiger partial charge in [-0.1, -0.05) is 6.07 Å². The Balaban J connectivity index is 0.947. The van der Waals surface area contributed by atoms with Crippen molar-refractivity contribution >= 4 is 53.3 Å². The van der Waals surface area contributed by atoms with Crippen LogP contribution < -0.4 is 14.2 Å². The fraction of sp³-hybridized carbons (Fsp3) is 0.139. The van der Waals surface area contributed by atoms with Gasteiger partial charge in [0.1, 0.15) is 33.3 Å². The number of anilines is 2. The van der Waals surface area contributed by atoms with Gasteiger partial charge in [-0.25, -0.2) is 39.8 Å². The summed E-state index contributed by atoms with van der Waals surface area (Å²) in [6.07, 6.45) is 4.71. The molecule has 4 aromatic carbocycles. The monoisotopic (exact) mass is 853 g/mol. The highest BCUT2D eigenvalue weighted by molar-refractivity contribution is 9.10. The number of nitrogens with one attached hydrogen (secondary N) is 2. The first-order valence-electron chi connectivity index (χ1n) is 16.3. The summed E-state index contributed by atoms with van der Waals surface area (Å²) in [6, 6.07) is 20.5. The zero-order valence-corrected chi connectivity index (χ0v) is 31.9. The summed E-state index contributed by atoms with van der Waals surface area (Å²) < 4.78 is 98.3. The lowest BCUT2D eigenvalue weighted by atomic mass is 10.1. The lowest BCUT2D eigenvalue weighted by Crippen LogP contribution is -2.53. The van der Waals surface area contributed by atoms with Crippen molar-refractivity contribution < 1.29 is 39.9 Å². The van der Waals surface area contributed by atoms with E-state index in [9.17, 15) is 30.4 Å². The first-order chi connectivity index (χ1) is 26.3. The first kappa shape index (κ1) is 37.7. The Bertz CT molecular complexity index is 2600. The third kappa shape index (κ3) is 8.54. The van der Waals surface area contributed by atoms with E-state index in [-0.39, 0.29) is 27.1 Å². The van der Waals surface area contributed by atoms with Crippen LogP contribution in [0.3, 0.4) is 0 Å². The molecule has 1 aliphatic heterocycles. The topological polar surface area (TPSA) is 167 Å². The van der Waals surface area contributed by atoms with Gasteiger partial charge in [0, 0.05) is 24.1 Å². The molecule has 7 rings (SSSR count). The molecule has 2 N–H and O–H groups in total. The van der Waals surface area contributed by atoms with Crippen LogP contribution in [0.25, 0.3) is 11.4 Å². The van der Waals surface area contributed by atoms with Crippen LogP contribution in [0.4, 0.5) is 20.2 Å². The van der Waals surface area contributed by atoms with E-state index in [1.54, 1.807) is 18.2 Å². The molecule has 1 saturated heterocycles. The van der Waals surface area contributed by atoms with Crippen molar-refractivity contribution in [1.29, 1.82) is 0 Å². The lowest BCUT2D eigenvalue weighted by Gasteiger charge is -2.39. The van der Waals surface area contributed by atoms with E-state index in [4.69, 9.17) is 9.47 Å². The molecule has 1 fully saturated rings. The number of hydrogen-bond acceptors (Lipinski definition) is 10. The standard InChI is InChI=1S/C36H30BrF2N7O7S2/c1-52-36(47)32-15-28(11-13-34(32)42-54(48,49)30-16-40-45(21-30)26-7-3-24(38)4-8-26)53-29-19-44(20-29)18-23-2-12-35(33(37)14-23)43-55(50,51)31-17-41-46(22-31)27-9-5-25(39)6-10-27/h2-17,21-22,29,42-43H,18-20H2,1H3. The van der Waals surface area contributed by atoms with Crippen LogP contribution in [0.1, 0.15) is 15.9 Å². The van der Waals surface area contributed by atoms with Gasteiger partial charge in [-0.3, -0.25) is 14.3 Å². The maximum Gasteiger partial charge on any atom is 0.340 e. The number of hydrogen-bond donors (Lipinski definition) is 2. The molecular weight excluding hydrogens is 824 g/mol. The fourth-order valence-electron chi connectivity index (χ4n) is 5.65. The largest absolute Gasteiger partial charge is 0.488 e. The molecule has 14 nitrogen and oxygen atoms in total. The van der Waals surface area contributed by atoms with Gasteiger partial charge in [0.15, 0.2) is 0 Å². The van der Waals surface area contributed by atoms with Gasteiger partial charge in [-0.05, 0) is 100 Å². The van der Waals surface area contributed by atoms with Crippen molar-refractivity contribution in [2.24, 2.45) is 0 Å². The Kier molecular flexibility index (Phi) is 10.4. The minimum Gasteiger partial charge on any atom is -0.488 e. The minimum atomic E-state index is -4.19. The highest BCUT2D eigenvalue weighted by Crippen LogP contribution is 2.30. The predicted octanol–water partition coefficient (Wildman–Crippen LogP) is 5.75. The van der Waals surface area contributed by atoms with Crippen LogP contribution >= 0.6 is 15.9 Å². The summed E-state index contributed by atoms with van der Waals surface area (Å²) in [4.78, 5) is 14.5. The summed E-state index contributed by atoms with van der Waals surface area (Å²) >= 11 is 3.46. The van der Waals surface area contributed by atoms with Crippen LogP contribution in [0.15, 0.2) is 124 Å². The first-order valence-corrected chi connectivity index (χ1v) is 20.1. The molecule has 2 aromatic heterocycles. The number of sulfonamides is 2. The van der Waals surface area contributed by atoms with Crippen molar-refractivity contribution in [2.45, 2.75) is 22.4 Å². The highest BCUT2D eigenvalue weighted by atomic mass is 79.9. The molecule has 284 valence electrons. The molecule has 1 aliphatic rings. The Morgan fingerprint density at radius 1 is 0.782 bits per heavy atom. The summed E-state index contributed by atoms with van der Waals surface area (Å²) in [6.45, 7) is 1.63. The highest BCUT2D eigenvalue weighted by Gasteiger charge is 2.30. The number of methoxy groups -OCH3 is 1. The van der Waals surface area contributed by atoms with Crippen molar-refractivity contribution in [3.63, 3.8) is 0 Å². The number of aromatic nitrogens is 4. The van der Waals surface area contributed by atoms with Gasteiger partial charge in [0.2, 0.25) is 0 Å². The fourth-order valence-corrected chi connectivity index (χ4v) is 8.32. The molecule has 55 heavy (non-hydrogen) atoms. The molecule has 0 saturated carbocycles. The summed E-state index contributed by atoms with van der Waals surface area (Å²) in [5, 5.41) is 8.14. The van der Waals surface area contributed by atoms with E-state index < -0.39 is 37.7 Å². The Hall–Kier alpha value is -5.63. The lowest BCUT2D eigenvalue weighted by molar-refractivity contribution is 0.0144. The van der Waals surface area contributed by atoms with E-state index in [1.165, 1.54) is 95.7 Å². The second-order valence-corrected chi connectivity index (χ2v) is 16.6. The molecule has 19 heteroatoms. The number of carbonyl (C=O) groups excluding carboxylic acids is 1. The van der Waals surface area contributed by atoms with Gasteiger partial charge in [-0.15, -0.1) is 0 Å². The van der Waals surface area contributed by atoms with Gasteiger partial charge in [-0.2, -0.15) is 10.2 Å². The maximum absolute atomic E-state index is 13.3. The Morgan fingerprint density at radius 2 is 1.31 bits per heavy atom. The second-order valence-electron chi connectivity index (χ2n) is 12.4. The molecule has 0 radical (unpaired) electrons. The van der Waals surface area contributed by atoms with E-state index in [0.29, 0.717) is 46.9 Å². The number of ether oxygens (including phenoxy) is 2. The zero-order valence-electron chi connectivity index (χ0n) is 28.6. The zero-order chi connectivity index (χ0) is 38.9. The number of halogens is 3. The van der Waals surface area contributed by atoms with Crippen molar-refractivity contribution in [3.05, 3.63) is 137 Å². The average molecular weight is 855 g/mol. The molecule has 0 atom stereocenters. The number of carbonyl (C=O) groups is 1. The third-order valence-corrected chi connectivity index (χ3v) is 11.8. The average Bonchev–Trinajstić information content (AvgIpc) is 3.85. The van der Waals surface area contributed by atoms with Crippen molar-refractivity contribution in [2.75, 3.05) is 29.6 Å². The van der Waals surface area contributed by atoms with Crippen LogP contribution in [0.2, 0.25) is 0 Å². The molecule has 0 amide bonds. The van der Waals surface area contributed by atoms with Gasteiger partial charge in [0.05, 0.1) is 60.2 Å². The van der Waals surface area contributed by atoms with Crippen LogP contribution in [0.5, 0.6) is 5.75 Å². The number of esters is 1. The quantitative estimate of drug-likeness (QED) is 0.137. The maximum atomic E-state index is 13.3. The molecule has 0 unspecified atom stereocenters. The summed E-state index contributed by atoms with van der Waals surface area (Å²) in [5.41, 5.74) is 2.10. The summed E-state index contributed by atoms with van der Waals surface area (Å²) in [7, 11) is -6.99. The van der Waals surface area contributed by atoms with Crippen LogP contribution in [-0.2, 0) is 31.3 Å². The second kappa shape index (κ2) is 15.2. The van der Waals surface area contributed by atoms with E-state index in [1.807, 2.05) is 6.07 Å². The van der Waals surface area contributed by atoms with Crippen molar-refractivity contribution in [3.8, 4) is 17.1 Å². The van der Waals surface area contributed by atoms with Gasteiger partial charge >= 0.3 is 5.97 Å². The van der Waals surface area contributed by atoms with E-state index in [0.717, 1.165) is 11.8 Å². The number of rotatable bonds is 13. The van der Waals surface area contributed by atoms with Crippen LogP contribution in [-0.4, -0.2) is 73.6 Å². The molecular formula is C36H30BrF2N7O7S2. The Labute approximate surface area is 322 Å². The smallest absolute Gasteiger partial charge is 0.340 e. The third-order valence-electron chi connectivity index (χ3n) is 8.47. The van der Waals surface area contributed by atoms with Crippen LogP contribution in [0, 0.1) is 11.6 Å².